The lowest BCUT2D eigenvalue weighted by molar-refractivity contribution is -0.141. The number of aromatic amines is 1. The van der Waals surface area contributed by atoms with Crippen LogP contribution < -0.4 is 21.3 Å². The highest BCUT2D eigenvalue weighted by atomic mass is 32.2. The number of aromatic nitrogens is 2. The molecule has 4 heterocycles. The number of thioether (sulfide) groups is 2. The number of nitrogens with one attached hydrogen (secondary N) is 5. The summed E-state index contributed by atoms with van der Waals surface area (Å²) in [7, 11) is -4.81. The van der Waals surface area contributed by atoms with Gasteiger partial charge in [-0.2, -0.15) is 20.2 Å². The van der Waals surface area contributed by atoms with E-state index in [1.165, 1.54) is 6.20 Å². The predicted octanol–water partition coefficient (Wildman–Crippen LogP) is 0.896. The molecule has 17 nitrogen and oxygen atoms in total. The molecule has 1 aromatic carbocycles. The number of amides is 4. The van der Waals surface area contributed by atoms with Crippen LogP contribution in [0.1, 0.15) is 37.5 Å². The first kappa shape index (κ1) is 45.2. The van der Waals surface area contributed by atoms with Gasteiger partial charge in [0.05, 0.1) is 28.9 Å². The summed E-state index contributed by atoms with van der Waals surface area (Å²) in [5, 5.41) is 16.5. The second-order valence-electron chi connectivity index (χ2n) is 14.2. The molecule has 3 aliphatic rings. The molecule has 3 aliphatic heterocycles. The fraction of sp³-hybridized carbons (Fsp3) is 0.600. The highest BCUT2D eigenvalue weighted by Crippen LogP contribution is 2.37. The number of carbonyl (C=O) groups excluding carboxylic acids is 4. The molecule has 1 aromatic heterocycles. The van der Waals surface area contributed by atoms with E-state index >= 15 is 0 Å². The topological polar surface area (TPSA) is 249 Å². The number of carbonyl (C=O) groups is 5. The van der Waals surface area contributed by atoms with Crippen molar-refractivity contribution in [3.05, 3.63) is 41.9 Å². The SMILES string of the molecule is O=C(CC1SCC(C(=O)O)NC1=O)NCC(CC(=O)NCCSCC(=O)N(CC1CNCC1F)C(c1ncc(-c2cc(F)ccc2F)[nH]1)C1CCOCC1)S(=O)(=O)O. The lowest BCUT2D eigenvalue weighted by Crippen LogP contribution is -2.51. The summed E-state index contributed by atoms with van der Waals surface area (Å²) >= 11 is 2.12. The first-order valence-electron chi connectivity index (χ1n) is 18.5. The molecule has 320 valence electrons. The van der Waals surface area contributed by atoms with E-state index in [-0.39, 0.29) is 66.4 Å². The lowest BCUT2D eigenvalue weighted by Gasteiger charge is -2.39. The predicted molar refractivity (Wildman–Crippen MR) is 207 cm³/mol. The van der Waals surface area contributed by atoms with Gasteiger partial charge in [0, 0.05) is 81.8 Å². The molecule has 3 saturated heterocycles. The first-order valence-corrected chi connectivity index (χ1v) is 22.3. The van der Waals surface area contributed by atoms with Crippen LogP contribution in [0.15, 0.2) is 24.4 Å². The van der Waals surface area contributed by atoms with Gasteiger partial charge in [-0.3, -0.25) is 23.7 Å². The van der Waals surface area contributed by atoms with Crippen molar-refractivity contribution in [2.75, 3.05) is 63.2 Å². The molecular formula is C35H46F3N7O10S3. The molecule has 7 N–H and O–H groups in total. The normalized spacial score (nSPS) is 22.4. The highest BCUT2D eigenvalue weighted by molar-refractivity contribution is 8.00. The molecule has 58 heavy (non-hydrogen) atoms. The minimum Gasteiger partial charge on any atom is -0.480 e. The number of nitrogens with zero attached hydrogens (tertiary/aromatic N) is 2. The van der Waals surface area contributed by atoms with E-state index < -0.39 is 93.1 Å². The number of rotatable bonds is 19. The Bertz CT molecular complexity index is 1910. The van der Waals surface area contributed by atoms with Gasteiger partial charge in [-0.1, -0.05) is 0 Å². The van der Waals surface area contributed by atoms with Gasteiger partial charge in [0.15, 0.2) is 0 Å². The number of hydrogen-bond donors (Lipinski definition) is 7. The van der Waals surface area contributed by atoms with Crippen LogP contribution in [0.2, 0.25) is 0 Å². The number of benzene rings is 1. The molecule has 2 aromatic rings. The van der Waals surface area contributed by atoms with Crippen molar-refractivity contribution < 1.29 is 60.0 Å². The molecule has 23 heteroatoms. The van der Waals surface area contributed by atoms with Crippen molar-refractivity contribution in [3.8, 4) is 11.3 Å². The Morgan fingerprint density at radius 2 is 1.88 bits per heavy atom. The van der Waals surface area contributed by atoms with Crippen LogP contribution in [0.5, 0.6) is 0 Å². The quantitative estimate of drug-likeness (QED) is 0.0766. The van der Waals surface area contributed by atoms with E-state index in [9.17, 15) is 50.1 Å². The lowest BCUT2D eigenvalue weighted by atomic mass is 9.89. The van der Waals surface area contributed by atoms with Gasteiger partial charge in [-0.25, -0.2) is 22.9 Å². The Hall–Kier alpha value is -3.90. The molecule has 0 radical (unpaired) electrons. The number of alkyl halides is 1. The smallest absolute Gasteiger partial charge is 0.327 e. The summed E-state index contributed by atoms with van der Waals surface area (Å²) in [6, 6.07) is 1.25. The molecule has 0 spiro atoms. The molecule has 6 atom stereocenters. The van der Waals surface area contributed by atoms with Gasteiger partial charge in [0.1, 0.15) is 34.9 Å². The summed E-state index contributed by atoms with van der Waals surface area (Å²) in [6.07, 6.45) is 0.157. The molecule has 4 amide bonds. The van der Waals surface area contributed by atoms with Crippen molar-refractivity contribution in [3.63, 3.8) is 0 Å². The second-order valence-corrected chi connectivity index (χ2v) is 18.2. The standard InChI is InChI=1S/C35H46F3N7O10S3/c36-21-1-2-24(37)23(9-21)26-15-42-33(43-26)32(19-3-6-55-7-4-19)45(16-20-12-39-14-25(20)38)31(48)18-56-8-5-40-29(46)10-22(58(52,53)54)13-41-30(47)11-28-34(49)44-27(17-57-28)35(50)51/h1-2,9,15,19-20,22,25,27-28,32,39H,3-8,10-14,16-18H2,(H,40,46)(H,41,47)(H,42,43)(H,44,49)(H,50,51)(H,52,53,54). The first-order chi connectivity index (χ1) is 27.6. The van der Waals surface area contributed by atoms with Gasteiger partial charge in [0.25, 0.3) is 10.1 Å². The summed E-state index contributed by atoms with van der Waals surface area (Å²) in [4.78, 5) is 71.6. The van der Waals surface area contributed by atoms with E-state index in [1.807, 2.05) is 0 Å². The number of carboxylic acid groups (broad SMARTS) is 1. The fourth-order valence-corrected chi connectivity index (χ4v) is 9.43. The van der Waals surface area contributed by atoms with Gasteiger partial charge < -0.3 is 41.0 Å². The third kappa shape index (κ3) is 12.6. The van der Waals surface area contributed by atoms with Crippen LogP contribution in [0.4, 0.5) is 13.2 Å². The maximum absolute atomic E-state index is 15.0. The van der Waals surface area contributed by atoms with Crippen LogP contribution >= 0.6 is 23.5 Å². The largest absolute Gasteiger partial charge is 0.480 e. The van der Waals surface area contributed by atoms with Crippen molar-refractivity contribution in [1.82, 2.24) is 36.1 Å². The van der Waals surface area contributed by atoms with E-state index in [0.717, 1.165) is 41.7 Å². The molecule has 5 rings (SSSR count). The zero-order valence-electron chi connectivity index (χ0n) is 31.2. The number of hydrogen-bond acceptors (Lipinski definition) is 12. The number of imidazole rings is 1. The summed E-state index contributed by atoms with van der Waals surface area (Å²) < 4.78 is 83.1. The minimum absolute atomic E-state index is 0.00405. The maximum atomic E-state index is 15.0. The van der Waals surface area contributed by atoms with Crippen LogP contribution in [0, 0.1) is 23.5 Å². The van der Waals surface area contributed by atoms with Crippen molar-refractivity contribution >= 4 is 63.2 Å². The van der Waals surface area contributed by atoms with Gasteiger partial charge in [-0.05, 0) is 37.0 Å². The minimum atomic E-state index is -4.81. The molecule has 3 fully saturated rings. The molecular weight excluding hydrogens is 832 g/mol. The fourth-order valence-electron chi connectivity index (χ4n) is 6.90. The van der Waals surface area contributed by atoms with Crippen LogP contribution in [-0.4, -0.2) is 148 Å². The van der Waals surface area contributed by atoms with E-state index in [4.69, 9.17) is 9.84 Å². The number of ether oxygens (including phenoxy) is 1. The highest BCUT2D eigenvalue weighted by Gasteiger charge is 2.39. The van der Waals surface area contributed by atoms with Crippen molar-refractivity contribution in [1.29, 1.82) is 0 Å². The number of halogens is 3. The second kappa shape index (κ2) is 20.9. The average Bonchev–Trinajstić information content (AvgIpc) is 3.83. The van der Waals surface area contributed by atoms with E-state index in [0.29, 0.717) is 38.4 Å². The summed E-state index contributed by atoms with van der Waals surface area (Å²) in [5.41, 5.74) is 0.162. The summed E-state index contributed by atoms with van der Waals surface area (Å²) in [6.45, 7) is 0.702. The zero-order valence-corrected chi connectivity index (χ0v) is 33.6. The van der Waals surface area contributed by atoms with Crippen molar-refractivity contribution in [2.45, 2.75) is 54.4 Å². The molecule has 0 saturated carbocycles. The average molecular weight is 878 g/mol. The van der Waals surface area contributed by atoms with E-state index in [1.54, 1.807) is 4.90 Å². The third-order valence-corrected chi connectivity index (χ3v) is 13.5. The maximum Gasteiger partial charge on any atom is 0.327 e. The molecule has 0 aliphatic carbocycles. The van der Waals surface area contributed by atoms with Gasteiger partial charge in [-0.15, -0.1) is 11.8 Å². The zero-order chi connectivity index (χ0) is 42.0. The number of aliphatic carboxylic acids is 1. The Balaban J connectivity index is 1.17. The van der Waals surface area contributed by atoms with Crippen LogP contribution in [0.3, 0.4) is 0 Å². The summed E-state index contributed by atoms with van der Waals surface area (Å²) in [5.74, 6) is -5.29. The van der Waals surface area contributed by atoms with E-state index in [2.05, 4.69) is 31.2 Å². The monoisotopic (exact) mass is 877 g/mol. The molecule has 0 bridgehead atoms. The Labute approximate surface area is 340 Å². The number of carboxylic acids is 1. The van der Waals surface area contributed by atoms with Crippen LogP contribution in [0.25, 0.3) is 11.3 Å². The van der Waals surface area contributed by atoms with Crippen molar-refractivity contribution in [2.24, 2.45) is 11.8 Å². The Morgan fingerprint density at radius 1 is 1.12 bits per heavy atom. The van der Waals surface area contributed by atoms with Gasteiger partial charge in [0.2, 0.25) is 23.6 Å². The third-order valence-electron chi connectivity index (χ3n) is 10.0. The Kier molecular flexibility index (Phi) is 16.3. The number of H-pyrrole nitrogens is 1. The van der Waals surface area contributed by atoms with Gasteiger partial charge >= 0.3 is 5.97 Å². The van der Waals surface area contributed by atoms with Crippen LogP contribution in [-0.2, 0) is 38.8 Å². The Morgan fingerprint density at radius 3 is 2.55 bits per heavy atom. The molecule has 6 unspecified atom stereocenters.